The van der Waals surface area contributed by atoms with Crippen molar-refractivity contribution in [1.82, 2.24) is 15.2 Å². The first-order chi connectivity index (χ1) is 9.11. The number of hydrazine groups is 1. The molecule has 0 saturated carbocycles. The molecular formula is C15H26N4. The van der Waals surface area contributed by atoms with Crippen molar-refractivity contribution in [3.63, 3.8) is 0 Å². The Morgan fingerprint density at radius 1 is 1.21 bits per heavy atom. The Bertz CT molecular complexity index is 390. The smallest absolute Gasteiger partial charge is 0.0627 e. The van der Waals surface area contributed by atoms with Gasteiger partial charge in [0, 0.05) is 12.6 Å². The van der Waals surface area contributed by atoms with Crippen LogP contribution in [-0.4, -0.2) is 49.6 Å². The second kappa shape index (κ2) is 6.48. The summed E-state index contributed by atoms with van der Waals surface area (Å²) >= 11 is 0. The first kappa shape index (κ1) is 14.5. The molecule has 2 rings (SSSR count). The number of nitrogens with one attached hydrogen (secondary N) is 1. The summed E-state index contributed by atoms with van der Waals surface area (Å²) in [7, 11) is 4.39. The normalized spacial score (nSPS) is 24.1. The van der Waals surface area contributed by atoms with Crippen LogP contribution in [0.2, 0.25) is 0 Å². The number of hydrogen-bond donors (Lipinski definition) is 2. The molecule has 1 aliphatic rings. The summed E-state index contributed by atoms with van der Waals surface area (Å²) in [5, 5.41) is 0. The summed E-state index contributed by atoms with van der Waals surface area (Å²) in [5.74, 6) is 5.84. The maximum Gasteiger partial charge on any atom is 0.0627 e. The summed E-state index contributed by atoms with van der Waals surface area (Å²) < 4.78 is 0. The molecule has 0 spiro atoms. The van der Waals surface area contributed by atoms with Gasteiger partial charge in [0.25, 0.3) is 0 Å². The van der Waals surface area contributed by atoms with E-state index in [-0.39, 0.29) is 6.04 Å². The van der Waals surface area contributed by atoms with E-state index in [0.717, 1.165) is 19.6 Å². The minimum absolute atomic E-state index is 0.172. The lowest BCUT2D eigenvalue weighted by Crippen LogP contribution is -2.48. The number of rotatable bonds is 3. The van der Waals surface area contributed by atoms with E-state index in [1.807, 2.05) is 0 Å². The monoisotopic (exact) mass is 262 g/mol. The van der Waals surface area contributed by atoms with E-state index in [1.54, 1.807) is 0 Å². The number of nitrogens with zero attached hydrogens (tertiary/aromatic N) is 2. The van der Waals surface area contributed by atoms with Crippen LogP contribution in [0.5, 0.6) is 0 Å². The molecule has 4 heteroatoms. The highest BCUT2D eigenvalue weighted by Crippen LogP contribution is 2.22. The fourth-order valence-corrected chi connectivity index (χ4v) is 2.87. The van der Waals surface area contributed by atoms with Gasteiger partial charge in [-0.15, -0.1) is 0 Å². The molecule has 3 N–H and O–H groups in total. The Morgan fingerprint density at radius 3 is 2.53 bits per heavy atom. The molecule has 1 fully saturated rings. The van der Waals surface area contributed by atoms with Crippen molar-refractivity contribution < 1.29 is 0 Å². The molecule has 1 saturated heterocycles. The van der Waals surface area contributed by atoms with Gasteiger partial charge < -0.3 is 9.80 Å². The van der Waals surface area contributed by atoms with Gasteiger partial charge in [-0.2, -0.15) is 0 Å². The summed E-state index contributed by atoms with van der Waals surface area (Å²) in [6, 6.07) is 9.24. The van der Waals surface area contributed by atoms with Crippen LogP contribution in [0, 0.1) is 6.92 Å². The molecular weight excluding hydrogens is 236 g/mol. The lowest BCUT2D eigenvalue weighted by molar-refractivity contribution is 0.178. The molecule has 0 amide bonds. The zero-order chi connectivity index (χ0) is 13.8. The molecule has 19 heavy (non-hydrogen) atoms. The molecule has 0 aromatic heterocycles. The largest absolute Gasteiger partial charge is 0.305 e. The van der Waals surface area contributed by atoms with Gasteiger partial charge in [-0.1, -0.05) is 29.8 Å². The molecule has 1 aromatic rings. The molecule has 4 nitrogen and oxygen atoms in total. The Hall–Kier alpha value is -0.940. The third-order valence-corrected chi connectivity index (χ3v) is 4.12. The van der Waals surface area contributed by atoms with Crippen LogP contribution in [0.25, 0.3) is 0 Å². The molecule has 2 unspecified atom stereocenters. The Morgan fingerprint density at radius 2 is 1.89 bits per heavy atom. The van der Waals surface area contributed by atoms with Gasteiger partial charge in [0.2, 0.25) is 0 Å². The molecule has 0 bridgehead atoms. The van der Waals surface area contributed by atoms with Crippen molar-refractivity contribution in [2.24, 2.45) is 5.84 Å². The second-order valence-electron chi connectivity index (χ2n) is 5.72. The maximum atomic E-state index is 5.84. The topological polar surface area (TPSA) is 44.5 Å². The minimum atomic E-state index is 0.172. The van der Waals surface area contributed by atoms with E-state index in [1.165, 1.54) is 17.5 Å². The standard InChI is InChI=1S/C15H26N4/c1-12-5-7-13(8-6-12)15(17-16)14-11-18(2)9-4-10-19(14)3/h5-8,14-15,17H,4,9-11,16H2,1-3H3. The SMILES string of the molecule is Cc1ccc(C(NN)C2CN(C)CCCN2C)cc1. The highest BCUT2D eigenvalue weighted by molar-refractivity contribution is 5.25. The van der Waals surface area contributed by atoms with E-state index in [9.17, 15) is 0 Å². The average Bonchev–Trinajstić information content (AvgIpc) is 2.55. The molecule has 2 atom stereocenters. The Labute approximate surface area is 116 Å². The fourth-order valence-electron chi connectivity index (χ4n) is 2.87. The molecule has 0 aliphatic carbocycles. The molecule has 1 aromatic carbocycles. The average molecular weight is 262 g/mol. The van der Waals surface area contributed by atoms with Crippen LogP contribution >= 0.6 is 0 Å². The number of aryl methyl sites for hydroxylation is 1. The molecule has 106 valence electrons. The van der Waals surface area contributed by atoms with Crippen molar-refractivity contribution >= 4 is 0 Å². The minimum Gasteiger partial charge on any atom is -0.305 e. The van der Waals surface area contributed by atoms with Crippen LogP contribution in [0.1, 0.15) is 23.6 Å². The number of likely N-dealkylation sites (N-methyl/N-ethyl adjacent to an activating group) is 2. The number of nitrogens with two attached hydrogens (primary N) is 1. The highest BCUT2D eigenvalue weighted by Gasteiger charge is 2.28. The van der Waals surface area contributed by atoms with E-state index >= 15 is 0 Å². The quantitative estimate of drug-likeness (QED) is 0.633. The van der Waals surface area contributed by atoms with E-state index in [4.69, 9.17) is 5.84 Å². The zero-order valence-electron chi connectivity index (χ0n) is 12.3. The predicted octanol–water partition coefficient (Wildman–Crippen LogP) is 1.14. The third-order valence-electron chi connectivity index (χ3n) is 4.12. The molecule has 1 aliphatic heterocycles. The van der Waals surface area contributed by atoms with Crippen LogP contribution in [0.4, 0.5) is 0 Å². The first-order valence-electron chi connectivity index (χ1n) is 7.03. The van der Waals surface area contributed by atoms with Crippen LogP contribution in [0.15, 0.2) is 24.3 Å². The van der Waals surface area contributed by atoms with Gasteiger partial charge in [-0.05, 0) is 46.1 Å². The number of benzene rings is 1. The van der Waals surface area contributed by atoms with Gasteiger partial charge >= 0.3 is 0 Å². The van der Waals surface area contributed by atoms with Crippen LogP contribution in [-0.2, 0) is 0 Å². The summed E-state index contributed by atoms with van der Waals surface area (Å²) in [6.07, 6.45) is 1.22. The van der Waals surface area contributed by atoms with E-state index in [0.29, 0.717) is 6.04 Å². The highest BCUT2D eigenvalue weighted by atomic mass is 15.3. The lowest BCUT2D eigenvalue weighted by Gasteiger charge is -2.34. The molecule has 1 heterocycles. The molecule has 0 radical (unpaired) electrons. The lowest BCUT2D eigenvalue weighted by atomic mass is 9.97. The van der Waals surface area contributed by atoms with Gasteiger partial charge in [-0.25, -0.2) is 0 Å². The van der Waals surface area contributed by atoms with E-state index in [2.05, 4.69) is 60.5 Å². The van der Waals surface area contributed by atoms with E-state index < -0.39 is 0 Å². The summed E-state index contributed by atoms with van der Waals surface area (Å²) in [6.45, 7) is 5.44. The van der Waals surface area contributed by atoms with Gasteiger partial charge in [-0.3, -0.25) is 11.3 Å². The maximum absolute atomic E-state index is 5.84. The Kier molecular flexibility index (Phi) is 4.93. The predicted molar refractivity (Wildman–Crippen MR) is 79.8 cm³/mol. The third kappa shape index (κ3) is 3.54. The van der Waals surface area contributed by atoms with Crippen molar-refractivity contribution in [3.05, 3.63) is 35.4 Å². The van der Waals surface area contributed by atoms with Gasteiger partial charge in [0.15, 0.2) is 0 Å². The summed E-state index contributed by atoms with van der Waals surface area (Å²) in [4.78, 5) is 4.82. The second-order valence-corrected chi connectivity index (χ2v) is 5.72. The number of hydrogen-bond acceptors (Lipinski definition) is 4. The fraction of sp³-hybridized carbons (Fsp3) is 0.600. The zero-order valence-corrected chi connectivity index (χ0v) is 12.3. The Balaban J connectivity index is 2.21. The van der Waals surface area contributed by atoms with Crippen molar-refractivity contribution in [2.75, 3.05) is 33.7 Å². The first-order valence-corrected chi connectivity index (χ1v) is 7.03. The van der Waals surface area contributed by atoms with Crippen molar-refractivity contribution in [2.45, 2.75) is 25.4 Å². The van der Waals surface area contributed by atoms with Crippen LogP contribution < -0.4 is 11.3 Å². The van der Waals surface area contributed by atoms with Crippen molar-refractivity contribution in [3.8, 4) is 0 Å². The van der Waals surface area contributed by atoms with Gasteiger partial charge in [0.05, 0.1) is 6.04 Å². The summed E-state index contributed by atoms with van der Waals surface area (Å²) in [5.41, 5.74) is 5.57. The van der Waals surface area contributed by atoms with Gasteiger partial charge in [0.1, 0.15) is 0 Å². The van der Waals surface area contributed by atoms with Crippen molar-refractivity contribution in [1.29, 1.82) is 0 Å². The van der Waals surface area contributed by atoms with Crippen LogP contribution in [0.3, 0.4) is 0 Å².